The summed E-state index contributed by atoms with van der Waals surface area (Å²) in [4.78, 5) is 42.9. The molecule has 162 valence electrons. The van der Waals surface area contributed by atoms with Crippen LogP contribution in [0.1, 0.15) is 28.8 Å². The molecule has 2 aliphatic rings. The number of amides is 3. The summed E-state index contributed by atoms with van der Waals surface area (Å²) in [5.74, 6) is -0.116. The highest BCUT2D eigenvalue weighted by molar-refractivity contribution is 6.16. The predicted octanol–water partition coefficient (Wildman–Crippen LogP) is 1.94. The number of carbonyl (C=O) groups excluding carboxylic acids is 3. The van der Waals surface area contributed by atoms with Crippen LogP contribution in [0.15, 0.2) is 48.5 Å². The smallest absolute Gasteiger partial charge is 0.267 e. The third-order valence-electron chi connectivity index (χ3n) is 5.87. The van der Waals surface area contributed by atoms with Crippen molar-refractivity contribution < 1.29 is 23.9 Å². The summed E-state index contributed by atoms with van der Waals surface area (Å²) in [6.07, 6.45) is 0.408. The molecule has 1 unspecified atom stereocenters. The molecule has 2 heterocycles. The van der Waals surface area contributed by atoms with Crippen molar-refractivity contribution in [2.45, 2.75) is 25.0 Å². The van der Waals surface area contributed by atoms with Gasteiger partial charge in [0.2, 0.25) is 11.6 Å². The van der Waals surface area contributed by atoms with Crippen LogP contribution in [0.2, 0.25) is 0 Å². The summed E-state index contributed by atoms with van der Waals surface area (Å²) in [6, 6.07) is 14.3. The van der Waals surface area contributed by atoms with Crippen LogP contribution in [0.4, 0.5) is 5.69 Å². The number of nitrogens with one attached hydrogen (secondary N) is 1. The van der Waals surface area contributed by atoms with Crippen molar-refractivity contribution in [2.24, 2.45) is 0 Å². The topological polar surface area (TPSA) is 88.2 Å². The highest BCUT2D eigenvalue weighted by Gasteiger charge is 2.60. The average molecular weight is 423 g/mol. The van der Waals surface area contributed by atoms with Gasteiger partial charge in [-0.25, -0.2) is 0 Å². The van der Waals surface area contributed by atoms with Crippen LogP contribution in [0.5, 0.6) is 5.75 Å². The largest absolute Gasteiger partial charge is 0.497 e. The van der Waals surface area contributed by atoms with E-state index in [2.05, 4.69) is 5.32 Å². The summed E-state index contributed by atoms with van der Waals surface area (Å²) in [5, 5.41) is 2.94. The SMILES string of the molecule is COCCN1C(=O)c2ccccc2N2C(=O)CCC12C(=O)NCc1ccc(OC)cc1. The Labute approximate surface area is 180 Å². The molecule has 1 atom stereocenters. The van der Waals surface area contributed by atoms with Crippen LogP contribution in [-0.2, 0) is 20.9 Å². The van der Waals surface area contributed by atoms with E-state index in [1.54, 1.807) is 31.4 Å². The fraction of sp³-hybridized carbons (Fsp3) is 0.348. The normalized spacial score (nSPS) is 19.8. The number of fused-ring (bicyclic) bond motifs is 3. The number of methoxy groups -OCH3 is 2. The van der Waals surface area contributed by atoms with Crippen molar-refractivity contribution in [2.75, 3.05) is 32.3 Å². The number of carbonyl (C=O) groups is 3. The lowest BCUT2D eigenvalue weighted by Gasteiger charge is -2.49. The summed E-state index contributed by atoms with van der Waals surface area (Å²) in [7, 11) is 3.13. The van der Waals surface area contributed by atoms with Gasteiger partial charge >= 0.3 is 0 Å². The molecule has 31 heavy (non-hydrogen) atoms. The van der Waals surface area contributed by atoms with E-state index in [1.165, 1.54) is 16.9 Å². The van der Waals surface area contributed by atoms with E-state index in [1.807, 2.05) is 24.3 Å². The molecule has 2 aromatic rings. The predicted molar refractivity (Wildman–Crippen MR) is 114 cm³/mol. The van der Waals surface area contributed by atoms with Gasteiger partial charge in [-0.05, 0) is 29.8 Å². The second-order valence-electron chi connectivity index (χ2n) is 7.54. The first-order valence-corrected chi connectivity index (χ1v) is 10.2. The Bertz CT molecular complexity index is 1010. The van der Waals surface area contributed by atoms with Crippen molar-refractivity contribution in [1.29, 1.82) is 0 Å². The Morgan fingerprint density at radius 2 is 1.84 bits per heavy atom. The van der Waals surface area contributed by atoms with Gasteiger partial charge in [0.1, 0.15) is 5.75 Å². The van der Waals surface area contributed by atoms with E-state index in [4.69, 9.17) is 9.47 Å². The summed E-state index contributed by atoms with van der Waals surface area (Å²) in [6.45, 7) is 0.716. The summed E-state index contributed by atoms with van der Waals surface area (Å²) >= 11 is 0. The van der Waals surface area contributed by atoms with Gasteiger partial charge in [0, 0.05) is 33.0 Å². The molecule has 4 rings (SSSR count). The molecule has 3 amide bonds. The number of hydrogen-bond donors (Lipinski definition) is 1. The van der Waals surface area contributed by atoms with Gasteiger partial charge in [0.05, 0.1) is 25.0 Å². The molecular weight excluding hydrogens is 398 g/mol. The fourth-order valence-electron chi connectivity index (χ4n) is 4.34. The molecule has 0 spiro atoms. The molecule has 0 aromatic heterocycles. The third kappa shape index (κ3) is 3.42. The Kier molecular flexibility index (Phi) is 5.65. The minimum Gasteiger partial charge on any atom is -0.497 e. The van der Waals surface area contributed by atoms with Crippen molar-refractivity contribution in [1.82, 2.24) is 10.2 Å². The van der Waals surface area contributed by atoms with Gasteiger partial charge < -0.3 is 19.7 Å². The Balaban J connectivity index is 1.69. The third-order valence-corrected chi connectivity index (χ3v) is 5.87. The number of anilines is 1. The first-order chi connectivity index (χ1) is 15.0. The molecule has 8 nitrogen and oxygen atoms in total. The van der Waals surface area contributed by atoms with E-state index in [-0.39, 0.29) is 50.3 Å². The minimum absolute atomic E-state index is 0.179. The fourth-order valence-corrected chi connectivity index (χ4v) is 4.34. The van der Waals surface area contributed by atoms with Gasteiger partial charge in [0.15, 0.2) is 0 Å². The number of rotatable bonds is 7. The van der Waals surface area contributed by atoms with Crippen LogP contribution in [0, 0.1) is 0 Å². The molecule has 0 radical (unpaired) electrons. The Hall–Kier alpha value is -3.39. The molecule has 1 N–H and O–H groups in total. The molecule has 0 aliphatic carbocycles. The molecular formula is C23H25N3O5. The number of benzene rings is 2. The number of nitrogens with zero attached hydrogens (tertiary/aromatic N) is 2. The lowest BCUT2D eigenvalue weighted by atomic mass is 9.95. The maximum Gasteiger partial charge on any atom is 0.267 e. The molecule has 0 bridgehead atoms. The van der Waals surface area contributed by atoms with Crippen LogP contribution >= 0.6 is 0 Å². The van der Waals surface area contributed by atoms with E-state index in [0.717, 1.165) is 11.3 Å². The lowest BCUT2D eigenvalue weighted by molar-refractivity contribution is -0.134. The van der Waals surface area contributed by atoms with Gasteiger partial charge in [-0.2, -0.15) is 0 Å². The molecule has 2 aliphatic heterocycles. The summed E-state index contributed by atoms with van der Waals surface area (Å²) in [5.41, 5.74) is 0.358. The zero-order valence-electron chi connectivity index (χ0n) is 17.6. The van der Waals surface area contributed by atoms with Gasteiger partial charge in [-0.3, -0.25) is 19.3 Å². The first kappa shape index (κ1) is 20.9. The van der Waals surface area contributed by atoms with Crippen LogP contribution in [0.3, 0.4) is 0 Å². The molecule has 1 fully saturated rings. The van der Waals surface area contributed by atoms with E-state index in [0.29, 0.717) is 11.3 Å². The molecule has 1 saturated heterocycles. The monoisotopic (exact) mass is 423 g/mol. The van der Waals surface area contributed by atoms with E-state index < -0.39 is 5.66 Å². The van der Waals surface area contributed by atoms with Gasteiger partial charge in [-0.1, -0.05) is 24.3 Å². The number of para-hydroxylation sites is 1. The maximum absolute atomic E-state index is 13.6. The highest BCUT2D eigenvalue weighted by atomic mass is 16.5. The Morgan fingerprint density at radius 3 is 2.55 bits per heavy atom. The zero-order valence-corrected chi connectivity index (χ0v) is 17.6. The number of ether oxygens (including phenoxy) is 2. The van der Waals surface area contributed by atoms with E-state index >= 15 is 0 Å². The average Bonchev–Trinajstić information content (AvgIpc) is 3.16. The Morgan fingerprint density at radius 1 is 1.10 bits per heavy atom. The van der Waals surface area contributed by atoms with Gasteiger partial charge in [-0.15, -0.1) is 0 Å². The maximum atomic E-state index is 13.6. The minimum atomic E-state index is -1.41. The molecule has 0 saturated carbocycles. The second kappa shape index (κ2) is 8.39. The van der Waals surface area contributed by atoms with Crippen molar-refractivity contribution in [3.8, 4) is 5.75 Å². The van der Waals surface area contributed by atoms with Crippen molar-refractivity contribution >= 4 is 23.4 Å². The van der Waals surface area contributed by atoms with Crippen LogP contribution in [-0.4, -0.2) is 55.7 Å². The highest BCUT2D eigenvalue weighted by Crippen LogP contribution is 2.44. The number of hydrogen-bond acceptors (Lipinski definition) is 5. The van der Waals surface area contributed by atoms with Crippen molar-refractivity contribution in [3.05, 3.63) is 59.7 Å². The van der Waals surface area contributed by atoms with E-state index in [9.17, 15) is 14.4 Å². The van der Waals surface area contributed by atoms with Crippen molar-refractivity contribution in [3.63, 3.8) is 0 Å². The van der Waals surface area contributed by atoms with Crippen LogP contribution < -0.4 is 15.0 Å². The second-order valence-corrected chi connectivity index (χ2v) is 7.54. The zero-order chi connectivity index (χ0) is 22.0. The van der Waals surface area contributed by atoms with Crippen LogP contribution in [0.25, 0.3) is 0 Å². The standard InChI is InChI=1S/C23H25N3O5/c1-30-14-13-25-21(28)18-5-3-4-6-19(18)26-20(27)11-12-23(25,26)22(29)24-15-16-7-9-17(31-2)10-8-16/h3-10H,11-15H2,1-2H3,(H,24,29). The first-order valence-electron chi connectivity index (χ1n) is 10.2. The quantitative estimate of drug-likeness (QED) is 0.735. The molecule has 8 heteroatoms. The van der Waals surface area contributed by atoms with Gasteiger partial charge in [0.25, 0.3) is 11.8 Å². The summed E-state index contributed by atoms with van der Waals surface area (Å²) < 4.78 is 10.4. The molecule has 2 aromatic carbocycles. The lowest BCUT2D eigenvalue weighted by Crippen LogP contribution is -2.70.